The minimum absolute atomic E-state index is 0.385. The normalized spacial score (nSPS) is 17.1. The molecule has 6 nitrogen and oxygen atoms in total. The van der Waals surface area contributed by atoms with Crippen molar-refractivity contribution in [2.24, 2.45) is 10.9 Å². The Hall–Kier alpha value is -1.60. The first kappa shape index (κ1) is 21.7. The van der Waals surface area contributed by atoms with Gasteiger partial charge in [0.15, 0.2) is 15.8 Å². The lowest BCUT2D eigenvalue weighted by Crippen LogP contribution is -2.43. The number of rotatable bonds is 7. The third kappa shape index (κ3) is 7.14. The summed E-state index contributed by atoms with van der Waals surface area (Å²) in [5.41, 5.74) is 1.77. The van der Waals surface area contributed by atoms with E-state index in [0.717, 1.165) is 42.6 Å². The van der Waals surface area contributed by atoms with Gasteiger partial charge in [0.25, 0.3) is 0 Å². The van der Waals surface area contributed by atoms with Crippen molar-refractivity contribution < 1.29 is 8.42 Å². The van der Waals surface area contributed by atoms with Crippen LogP contribution in [0.5, 0.6) is 0 Å². The number of aryl methyl sites for hydroxylation is 1. The van der Waals surface area contributed by atoms with Gasteiger partial charge in [-0.25, -0.2) is 13.4 Å². The van der Waals surface area contributed by atoms with Gasteiger partial charge in [0, 0.05) is 25.9 Å². The first-order chi connectivity index (χ1) is 12.8. The fraction of sp³-hybridized carbons (Fsp3) is 0.650. The van der Waals surface area contributed by atoms with Crippen LogP contribution >= 0.6 is 0 Å². The van der Waals surface area contributed by atoms with Gasteiger partial charge in [-0.05, 0) is 62.9 Å². The molecule has 152 valence electrons. The molecule has 0 atom stereocenters. The average Bonchev–Trinajstić information content (AvgIpc) is 2.60. The molecule has 0 radical (unpaired) electrons. The number of piperidine rings is 1. The molecule has 0 amide bonds. The first-order valence-electron chi connectivity index (χ1n) is 9.83. The molecule has 1 aliphatic rings. The van der Waals surface area contributed by atoms with Gasteiger partial charge in [0.05, 0.1) is 11.4 Å². The van der Waals surface area contributed by atoms with Crippen LogP contribution in [0.15, 0.2) is 28.1 Å². The molecular formula is C20H34N4O2S. The van der Waals surface area contributed by atoms with Crippen molar-refractivity contribution in [3.63, 3.8) is 0 Å². The number of nitrogens with one attached hydrogen (secondary N) is 2. The molecule has 1 aliphatic heterocycles. The number of aliphatic imine (C=N–C) groups is 1. The van der Waals surface area contributed by atoms with E-state index in [9.17, 15) is 8.42 Å². The van der Waals surface area contributed by atoms with Crippen LogP contribution in [-0.2, 0) is 16.4 Å². The molecule has 1 saturated heterocycles. The Morgan fingerprint density at radius 3 is 2.56 bits per heavy atom. The summed E-state index contributed by atoms with van der Waals surface area (Å²) in [7, 11) is -3.18. The molecule has 0 bridgehead atoms. The molecule has 1 heterocycles. The fourth-order valence-electron chi connectivity index (χ4n) is 3.36. The summed E-state index contributed by atoms with van der Waals surface area (Å²) in [6.07, 6.45) is 3.82. The van der Waals surface area contributed by atoms with E-state index < -0.39 is 9.84 Å². The molecule has 0 aromatic heterocycles. The van der Waals surface area contributed by atoms with E-state index in [1.165, 1.54) is 32.2 Å². The monoisotopic (exact) mass is 394 g/mol. The van der Waals surface area contributed by atoms with Crippen molar-refractivity contribution in [3.8, 4) is 0 Å². The van der Waals surface area contributed by atoms with Crippen LogP contribution in [0.3, 0.4) is 0 Å². The SMILES string of the molecule is CCNC(=NCc1ccc(S(C)(=O)=O)c(C)c1)NCCN1CCC(C)CC1. The second-order valence-corrected chi connectivity index (χ2v) is 9.50. The molecule has 0 aliphatic carbocycles. The maximum absolute atomic E-state index is 11.7. The molecular weight excluding hydrogens is 360 g/mol. The van der Waals surface area contributed by atoms with Crippen LogP contribution in [0.25, 0.3) is 0 Å². The predicted octanol–water partition coefficient (Wildman–Crippen LogP) is 2.19. The minimum atomic E-state index is -3.18. The van der Waals surface area contributed by atoms with Gasteiger partial charge in [-0.3, -0.25) is 0 Å². The topological polar surface area (TPSA) is 73.8 Å². The summed E-state index contributed by atoms with van der Waals surface area (Å²) in [6.45, 7) is 11.8. The Bertz CT molecular complexity index is 738. The number of likely N-dealkylation sites (tertiary alicyclic amines) is 1. The van der Waals surface area contributed by atoms with Gasteiger partial charge < -0.3 is 15.5 Å². The maximum atomic E-state index is 11.7. The van der Waals surface area contributed by atoms with E-state index >= 15 is 0 Å². The second-order valence-electron chi connectivity index (χ2n) is 7.52. The zero-order chi connectivity index (χ0) is 19.9. The maximum Gasteiger partial charge on any atom is 0.191 e. The quantitative estimate of drug-likeness (QED) is 0.548. The van der Waals surface area contributed by atoms with E-state index in [2.05, 4.69) is 27.4 Å². The first-order valence-corrected chi connectivity index (χ1v) is 11.7. The second kappa shape index (κ2) is 10.1. The van der Waals surface area contributed by atoms with Crippen LogP contribution in [0, 0.1) is 12.8 Å². The highest BCUT2D eigenvalue weighted by Gasteiger charge is 2.15. The van der Waals surface area contributed by atoms with Gasteiger partial charge in [0.2, 0.25) is 0 Å². The smallest absolute Gasteiger partial charge is 0.191 e. The highest BCUT2D eigenvalue weighted by molar-refractivity contribution is 7.90. The van der Waals surface area contributed by atoms with Crippen molar-refractivity contribution in [3.05, 3.63) is 29.3 Å². The predicted molar refractivity (Wildman–Crippen MR) is 112 cm³/mol. The Kier molecular flexibility index (Phi) is 8.10. The third-order valence-electron chi connectivity index (χ3n) is 5.00. The minimum Gasteiger partial charge on any atom is -0.357 e. The number of hydrogen-bond acceptors (Lipinski definition) is 4. The number of nitrogens with zero attached hydrogens (tertiary/aromatic N) is 2. The Morgan fingerprint density at radius 2 is 1.96 bits per heavy atom. The molecule has 1 aromatic carbocycles. The molecule has 1 fully saturated rings. The van der Waals surface area contributed by atoms with Crippen molar-refractivity contribution in [2.45, 2.75) is 45.1 Å². The Labute approximate surface area is 164 Å². The molecule has 0 saturated carbocycles. The van der Waals surface area contributed by atoms with Crippen LogP contribution in [0.2, 0.25) is 0 Å². The lowest BCUT2D eigenvalue weighted by atomic mass is 9.99. The number of hydrogen-bond donors (Lipinski definition) is 2. The van der Waals surface area contributed by atoms with Crippen LogP contribution in [-0.4, -0.2) is 58.3 Å². The zero-order valence-electron chi connectivity index (χ0n) is 17.1. The lowest BCUT2D eigenvalue weighted by molar-refractivity contribution is 0.195. The van der Waals surface area contributed by atoms with E-state index in [0.29, 0.717) is 11.4 Å². The zero-order valence-corrected chi connectivity index (χ0v) is 17.9. The van der Waals surface area contributed by atoms with Crippen LogP contribution < -0.4 is 10.6 Å². The van der Waals surface area contributed by atoms with E-state index in [1.807, 2.05) is 26.0 Å². The van der Waals surface area contributed by atoms with Crippen molar-refractivity contribution >= 4 is 15.8 Å². The number of benzene rings is 1. The van der Waals surface area contributed by atoms with E-state index in [4.69, 9.17) is 0 Å². The van der Waals surface area contributed by atoms with Gasteiger partial charge in [-0.15, -0.1) is 0 Å². The highest BCUT2D eigenvalue weighted by Crippen LogP contribution is 2.17. The lowest BCUT2D eigenvalue weighted by Gasteiger charge is -2.30. The Balaban J connectivity index is 1.90. The average molecular weight is 395 g/mol. The largest absolute Gasteiger partial charge is 0.357 e. The van der Waals surface area contributed by atoms with E-state index in [-0.39, 0.29) is 0 Å². The summed E-state index contributed by atoms with van der Waals surface area (Å²) in [6, 6.07) is 5.41. The molecule has 0 unspecified atom stereocenters. The molecule has 27 heavy (non-hydrogen) atoms. The fourth-order valence-corrected chi connectivity index (χ4v) is 4.32. The van der Waals surface area contributed by atoms with Gasteiger partial charge in [-0.1, -0.05) is 19.1 Å². The summed E-state index contributed by atoms with van der Waals surface area (Å²) in [5.74, 6) is 1.65. The van der Waals surface area contributed by atoms with E-state index in [1.54, 1.807) is 6.07 Å². The summed E-state index contributed by atoms with van der Waals surface area (Å²) >= 11 is 0. The van der Waals surface area contributed by atoms with Crippen molar-refractivity contribution in [2.75, 3.05) is 39.0 Å². The van der Waals surface area contributed by atoms with Crippen molar-refractivity contribution in [1.29, 1.82) is 0 Å². The molecule has 0 spiro atoms. The van der Waals surface area contributed by atoms with Gasteiger partial charge in [-0.2, -0.15) is 0 Å². The summed E-state index contributed by atoms with van der Waals surface area (Å²) in [5, 5.41) is 6.67. The third-order valence-corrected chi connectivity index (χ3v) is 6.26. The molecule has 2 N–H and O–H groups in total. The van der Waals surface area contributed by atoms with Crippen molar-refractivity contribution in [1.82, 2.24) is 15.5 Å². The standard InChI is InChI=1S/C20H34N4O2S/c1-5-21-20(22-10-13-24-11-8-16(2)9-12-24)23-15-18-6-7-19(17(3)14-18)27(4,25)26/h6-7,14,16H,5,8-13,15H2,1-4H3,(H2,21,22,23). The molecule has 2 rings (SSSR count). The molecule has 1 aromatic rings. The Morgan fingerprint density at radius 1 is 1.26 bits per heavy atom. The summed E-state index contributed by atoms with van der Waals surface area (Å²) in [4.78, 5) is 7.53. The van der Waals surface area contributed by atoms with Crippen LogP contribution in [0.4, 0.5) is 0 Å². The number of guanidine groups is 1. The van der Waals surface area contributed by atoms with Gasteiger partial charge in [0.1, 0.15) is 0 Å². The number of sulfone groups is 1. The highest BCUT2D eigenvalue weighted by atomic mass is 32.2. The van der Waals surface area contributed by atoms with Crippen LogP contribution in [0.1, 0.15) is 37.8 Å². The molecule has 7 heteroatoms. The summed E-state index contributed by atoms with van der Waals surface area (Å²) < 4.78 is 23.5. The van der Waals surface area contributed by atoms with Gasteiger partial charge >= 0.3 is 0 Å².